The van der Waals surface area contributed by atoms with Gasteiger partial charge in [0, 0.05) is 18.2 Å². The van der Waals surface area contributed by atoms with Gasteiger partial charge in [-0.15, -0.1) is 0 Å². The summed E-state index contributed by atoms with van der Waals surface area (Å²) in [6, 6.07) is 7.43. The number of nitrogens with zero attached hydrogens (tertiary/aromatic N) is 1. The van der Waals surface area contributed by atoms with E-state index in [0.717, 1.165) is 17.7 Å². The molecule has 0 aliphatic carbocycles. The molecule has 78 valence electrons. The van der Waals surface area contributed by atoms with Gasteiger partial charge in [-0.3, -0.25) is 9.59 Å². The van der Waals surface area contributed by atoms with Crippen molar-refractivity contribution >= 4 is 18.1 Å². The fourth-order valence-corrected chi connectivity index (χ4v) is 2.01. The summed E-state index contributed by atoms with van der Waals surface area (Å²) >= 11 is 0. The maximum Gasteiger partial charge on any atom is 0.304 e. The van der Waals surface area contributed by atoms with Crippen molar-refractivity contribution in [1.82, 2.24) is 0 Å². The Balaban J connectivity index is 2.33. The number of carboxylic acids is 1. The first-order valence-corrected chi connectivity index (χ1v) is 4.75. The van der Waals surface area contributed by atoms with Crippen LogP contribution in [-0.4, -0.2) is 24.0 Å². The molecule has 1 amide bonds. The zero-order chi connectivity index (χ0) is 10.8. The van der Waals surface area contributed by atoms with E-state index >= 15 is 0 Å². The van der Waals surface area contributed by atoms with Crippen molar-refractivity contribution in [3.63, 3.8) is 0 Å². The number of carbonyl (C=O) groups excluding carboxylic acids is 1. The lowest BCUT2D eigenvalue weighted by molar-refractivity contribution is -0.137. The molecule has 15 heavy (non-hydrogen) atoms. The molecule has 1 aromatic rings. The quantitative estimate of drug-likeness (QED) is 0.755. The van der Waals surface area contributed by atoms with Crippen LogP contribution in [0, 0.1) is 0 Å². The van der Waals surface area contributed by atoms with Gasteiger partial charge < -0.3 is 10.0 Å². The standard InChI is InChI=1S/C11H11NO3/c13-7-12-6-8(5-11(14)15)9-3-1-2-4-10(9)12/h1-4,7-8H,5-6H2,(H,14,15). The lowest BCUT2D eigenvalue weighted by Gasteiger charge is -2.09. The van der Waals surface area contributed by atoms with Crippen LogP contribution in [0.1, 0.15) is 17.9 Å². The topological polar surface area (TPSA) is 57.6 Å². The molecule has 0 bridgehead atoms. The minimum Gasteiger partial charge on any atom is -0.481 e. The average molecular weight is 205 g/mol. The van der Waals surface area contributed by atoms with Crippen molar-refractivity contribution in [3.05, 3.63) is 29.8 Å². The second kappa shape index (κ2) is 3.73. The predicted molar refractivity (Wildman–Crippen MR) is 54.8 cm³/mol. The Morgan fingerprint density at radius 3 is 2.93 bits per heavy atom. The minimum absolute atomic E-state index is 0.0708. The summed E-state index contributed by atoms with van der Waals surface area (Å²) in [5, 5.41) is 8.75. The van der Waals surface area contributed by atoms with E-state index in [4.69, 9.17) is 5.11 Å². The van der Waals surface area contributed by atoms with Crippen LogP contribution in [-0.2, 0) is 9.59 Å². The number of carbonyl (C=O) groups is 2. The molecular weight excluding hydrogens is 194 g/mol. The van der Waals surface area contributed by atoms with E-state index in [0.29, 0.717) is 6.54 Å². The van der Waals surface area contributed by atoms with Gasteiger partial charge in [-0.25, -0.2) is 0 Å². The van der Waals surface area contributed by atoms with Crippen molar-refractivity contribution in [2.24, 2.45) is 0 Å². The van der Waals surface area contributed by atoms with Gasteiger partial charge in [-0.2, -0.15) is 0 Å². The van der Waals surface area contributed by atoms with Crippen molar-refractivity contribution < 1.29 is 14.7 Å². The maximum absolute atomic E-state index is 10.8. The van der Waals surface area contributed by atoms with Crippen LogP contribution in [0.2, 0.25) is 0 Å². The van der Waals surface area contributed by atoms with Gasteiger partial charge in [0.1, 0.15) is 0 Å². The van der Waals surface area contributed by atoms with Crippen molar-refractivity contribution in [2.75, 3.05) is 11.4 Å². The molecule has 1 unspecified atom stereocenters. The van der Waals surface area contributed by atoms with Gasteiger partial charge in [0.2, 0.25) is 6.41 Å². The SMILES string of the molecule is O=CN1CC(CC(=O)O)c2ccccc21. The van der Waals surface area contributed by atoms with Crippen LogP contribution in [0.3, 0.4) is 0 Å². The third kappa shape index (κ3) is 1.70. The summed E-state index contributed by atoms with van der Waals surface area (Å²) in [6.07, 6.45) is 0.821. The molecular formula is C11H11NO3. The molecule has 0 radical (unpaired) electrons. The Morgan fingerprint density at radius 2 is 2.27 bits per heavy atom. The summed E-state index contributed by atoms with van der Waals surface area (Å²) < 4.78 is 0. The highest BCUT2D eigenvalue weighted by Gasteiger charge is 2.29. The fraction of sp³-hybridized carbons (Fsp3) is 0.273. The van der Waals surface area contributed by atoms with Crippen molar-refractivity contribution in [2.45, 2.75) is 12.3 Å². The summed E-state index contributed by atoms with van der Waals surface area (Å²) in [6.45, 7) is 0.467. The highest BCUT2D eigenvalue weighted by Crippen LogP contribution is 2.36. The molecule has 0 spiro atoms. The smallest absolute Gasteiger partial charge is 0.304 e. The highest BCUT2D eigenvalue weighted by molar-refractivity contribution is 5.81. The van der Waals surface area contributed by atoms with Gasteiger partial charge >= 0.3 is 5.97 Å². The van der Waals surface area contributed by atoms with E-state index in [-0.39, 0.29) is 12.3 Å². The number of aliphatic carboxylic acids is 1. The van der Waals surface area contributed by atoms with Crippen LogP contribution in [0.15, 0.2) is 24.3 Å². The Hall–Kier alpha value is -1.84. The first-order chi connectivity index (χ1) is 7.22. The van der Waals surface area contributed by atoms with Crippen molar-refractivity contribution in [3.8, 4) is 0 Å². The predicted octanol–water partition coefficient (Wildman–Crippen LogP) is 1.22. The van der Waals surface area contributed by atoms with Gasteiger partial charge in [0.25, 0.3) is 0 Å². The molecule has 0 fully saturated rings. The summed E-state index contributed by atoms with van der Waals surface area (Å²) in [5.41, 5.74) is 1.78. The number of rotatable bonds is 3. The Kier molecular flexibility index (Phi) is 2.41. The molecule has 0 saturated heterocycles. The Labute approximate surface area is 87.1 Å². The van der Waals surface area contributed by atoms with Gasteiger partial charge in [0.15, 0.2) is 0 Å². The third-order valence-corrected chi connectivity index (χ3v) is 2.65. The third-order valence-electron chi connectivity index (χ3n) is 2.65. The van der Waals surface area contributed by atoms with E-state index in [2.05, 4.69) is 0 Å². The van der Waals surface area contributed by atoms with Crippen LogP contribution in [0.5, 0.6) is 0 Å². The molecule has 1 N–H and O–H groups in total. The van der Waals surface area contributed by atoms with Gasteiger partial charge in [-0.05, 0) is 11.6 Å². The molecule has 4 nitrogen and oxygen atoms in total. The molecule has 4 heteroatoms. The Bertz CT molecular complexity index is 403. The van der Waals surface area contributed by atoms with Gasteiger partial charge in [-0.1, -0.05) is 18.2 Å². The lowest BCUT2D eigenvalue weighted by atomic mass is 9.98. The van der Waals surface area contributed by atoms with Crippen LogP contribution < -0.4 is 4.90 Å². The largest absolute Gasteiger partial charge is 0.481 e. The minimum atomic E-state index is -0.831. The molecule has 1 heterocycles. The molecule has 1 aliphatic rings. The number of hydrogen-bond acceptors (Lipinski definition) is 2. The van der Waals surface area contributed by atoms with E-state index in [1.54, 1.807) is 4.90 Å². The second-order valence-corrected chi connectivity index (χ2v) is 3.61. The first kappa shape index (κ1) is 9.71. The van der Waals surface area contributed by atoms with Crippen LogP contribution in [0.25, 0.3) is 0 Å². The van der Waals surface area contributed by atoms with E-state index in [1.807, 2.05) is 24.3 Å². The molecule has 1 atom stereocenters. The second-order valence-electron chi connectivity index (χ2n) is 3.61. The summed E-state index contributed by atoms with van der Waals surface area (Å²) in [7, 11) is 0. The number of benzene rings is 1. The van der Waals surface area contributed by atoms with Gasteiger partial charge in [0.05, 0.1) is 6.42 Å². The summed E-state index contributed by atoms with van der Waals surface area (Å²) in [5.74, 6) is -0.911. The maximum atomic E-state index is 10.8. The fourth-order valence-electron chi connectivity index (χ4n) is 2.01. The number of anilines is 1. The zero-order valence-corrected chi connectivity index (χ0v) is 8.09. The number of carboxylic acid groups (broad SMARTS) is 1. The molecule has 1 aromatic carbocycles. The molecule has 1 aliphatic heterocycles. The first-order valence-electron chi connectivity index (χ1n) is 4.75. The van der Waals surface area contributed by atoms with Crippen LogP contribution >= 0.6 is 0 Å². The average Bonchev–Trinajstić information content (AvgIpc) is 2.56. The monoisotopic (exact) mass is 205 g/mol. The number of para-hydroxylation sites is 1. The van der Waals surface area contributed by atoms with E-state index < -0.39 is 5.97 Å². The van der Waals surface area contributed by atoms with E-state index in [1.165, 1.54) is 0 Å². The zero-order valence-electron chi connectivity index (χ0n) is 8.09. The van der Waals surface area contributed by atoms with Crippen molar-refractivity contribution in [1.29, 1.82) is 0 Å². The normalized spacial score (nSPS) is 18.7. The van der Waals surface area contributed by atoms with Crippen LogP contribution in [0.4, 0.5) is 5.69 Å². The highest BCUT2D eigenvalue weighted by atomic mass is 16.4. The summed E-state index contributed by atoms with van der Waals surface area (Å²) in [4.78, 5) is 23.0. The Morgan fingerprint density at radius 1 is 1.53 bits per heavy atom. The number of amides is 1. The number of fused-ring (bicyclic) bond motifs is 1. The van der Waals surface area contributed by atoms with E-state index in [9.17, 15) is 9.59 Å². The molecule has 0 aromatic heterocycles. The number of hydrogen-bond donors (Lipinski definition) is 1. The molecule has 2 rings (SSSR count). The lowest BCUT2D eigenvalue weighted by Crippen LogP contribution is -2.20. The molecule has 0 saturated carbocycles.